The molecule has 0 heterocycles. The van der Waals surface area contributed by atoms with Gasteiger partial charge in [0, 0.05) is 25.7 Å². The number of rotatable bonds is 42. The zero-order chi connectivity index (χ0) is 64.9. The first-order chi connectivity index (χ1) is 42.2. The number of carboxylic acid groups (broad SMARTS) is 1. The van der Waals surface area contributed by atoms with Crippen LogP contribution in [0.2, 0.25) is 0 Å². The van der Waals surface area contributed by atoms with E-state index in [1.807, 2.05) is 0 Å². The quantitative estimate of drug-likeness (QED) is 0.0277. The van der Waals surface area contributed by atoms with E-state index in [2.05, 4.69) is 21.3 Å². The lowest BCUT2D eigenvalue weighted by Crippen LogP contribution is -2.44. The molecular formula is C65H91N9O14. The van der Waals surface area contributed by atoms with Crippen molar-refractivity contribution in [3.63, 3.8) is 0 Å². The van der Waals surface area contributed by atoms with Gasteiger partial charge in [0.25, 0.3) is 23.6 Å². The lowest BCUT2D eigenvalue weighted by atomic mass is 9.95. The topological polar surface area (TPSA) is 389 Å². The number of hydrogen-bond acceptors (Lipinski definition) is 18. The standard InChI is InChI=1S/C65H91N9O14/c1-39(2)60(65(83)84)74-64(82)47-34-43(22-26-59(47)88-6)38-55(78)51(18-10-14-30-69)73-63(81)46-33-42(21-25-58(46)87-5)37-54(77)50(17-9-13-29-68)72-62(80)45-32-41(20-24-57(45)86-4)36-53(76)49(16-8-12-28-67)71-61(79)44-31-40(19-23-56(44)85-3)35-52(75)48(70)15-7-11-27-66/h19-26,31-34,39,48-51,60H,7-18,27-30,35-38,66-70H2,1-6H3,(H,71,79)(H,72,80)(H,73,81)(H,74,82)(H,83,84)/t48-,49-,50-,51-,60-/m0/s1. The Kier molecular flexibility index (Phi) is 30.9. The van der Waals surface area contributed by atoms with E-state index in [0.29, 0.717) is 99.8 Å². The molecule has 0 aliphatic carbocycles. The molecule has 0 aliphatic heterocycles. The van der Waals surface area contributed by atoms with E-state index in [1.165, 1.54) is 64.8 Å². The molecule has 88 heavy (non-hydrogen) atoms. The van der Waals surface area contributed by atoms with Crippen molar-refractivity contribution in [2.75, 3.05) is 54.6 Å². The van der Waals surface area contributed by atoms with Crippen LogP contribution in [0.4, 0.5) is 0 Å². The van der Waals surface area contributed by atoms with Crippen LogP contribution in [0.3, 0.4) is 0 Å². The molecule has 480 valence electrons. The Bertz CT molecular complexity index is 3030. The molecule has 0 fully saturated rings. The van der Waals surface area contributed by atoms with Gasteiger partial charge in [0.15, 0.2) is 23.1 Å². The van der Waals surface area contributed by atoms with Gasteiger partial charge >= 0.3 is 5.97 Å². The zero-order valence-corrected chi connectivity index (χ0v) is 51.7. The van der Waals surface area contributed by atoms with Gasteiger partial charge < -0.3 is 74.0 Å². The summed E-state index contributed by atoms with van der Waals surface area (Å²) < 4.78 is 22.1. The molecule has 5 atom stereocenters. The van der Waals surface area contributed by atoms with Crippen LogP contribution in [0.15, 0.2) is 72.8 Å². The Labute approximate surface area is 515 Å². The zero-order valence-electron chi connectivity index (χ0n) is 51.7. The van der Waals surface area contributed by atoms with Gasteiger partial charge in [-0.3, -0.25) is 38.4 Å². The summed E-state index contributed by atoms with van der Waals surface area (Å²) in [6, 6.07) is 13.7. The first-order valence-electron chi connectivity index (χ1n) is 30.0. The SMILES string of the molecule is COc1ccc(CC(=O)[C@H](CCCCN)NC(=O)c2cc(CC(=O)[C@@H](N)CCCCN)ccc2OC)cc1C(=O)N[C@@H](CCCCN)C(=O)Cc1ccc(OC)c(C(=O)N[C@@H](CCCCN)C(=O)Cc2ccc(OC)c(C(=O)N[C@H](C(=O)O)C(C)C)c2)c1. The molecule has 15 N–H and O–H groups in total. The number of nitrogens with one attached hydrogen (secondary N) is 4. The molecule has 4 aromatic carbocycles. The highest BCUT2D eigenvalue weighted by Gasteiger charge is 2.30. The van der Waals surface area contributed by atoms with Crippen LogP contribution in [0.5, 0.6) is 23.0 Å². The second-order valence-corrected chi connectivity index (χ2v) is 22.1. The summed E-state index contributed by atoms with van der Waals surface area (Å²) in [5.74, 6) is -4.92. The van der Waals surface area contributed by atoms with E-state index >= 15 is 0 Å². The number of methoxy groups -OCH3 is 4. The molecule has 23 heteroatoms. The summed E-state index contributed by atoms with van der Waals surface area (Å²) in [7, 11) is 5.52. The minimum atomic E-state index is -1.21. The van der Waals surface area contributed by atoms with Crippen LogP contribution in [0.25, 0.3) is 0 Å². The summed E-state index contributed by atoms with van der Waals surface area (Å²) in [5, 5.41) is 20.8. The van der Waals surface area contributed by atoms with Crippen LogP contribution < -0.4 is 68.9 Å². The monoisotopic (exact) mass is 1220 g/mol. The van der Waals surface area contributed by atoms with Crippen molar-refractivity contribution in [2.24, 2.45) is 34.6 Å². The highest BCUT2D eigenvalue weighted by atomic mass is 16.5. The molecule has 4 rings (SSSR count). The first kappa shape index (κ1) is 72.4. The van der Waals surface area contributed by atoms with Crippen molar-refractivity contribution in [2.45, 2.75) is 147 Å². The average molecular weight is 1220 g/mol. The number of ether oxygens (including phenoxy) is 4. The fraction of sp³-hybridized carbons (Fsp3) is 0.492. The Morgan fingerprint density at radius 2 is 0.659 bits per heavy atom. The van der Waals surface area contributed by atoms with Crippen molar-refractivity contribution in [1.82, 2.24) is 21.3 Å². The molecule has 0 saturated carbocycles. The number of unbranched alkanes of at least 4 members (excludes halogenated alkanes) is 4. The predicted molar refractivity (Wildman–Crippen MR) is 334 cm³/mol. The van der Waals surface area contributed by atoms with Gasteiger partial charge in [-0.15, -0.1) is 0 Å². The molecule has 0 aromatic heterocycles. The van der Waals surface area contributed by atoms with Gasteiger partial charge in [0.1, 0.15) is 29.0 Å². The fourth-order valence-electron chi connectivity index (χ4n) is 10.0. The predicted octanol–water partition coefficient (Wildman–Crippen LogP) is 4.25. The third-order valence-corrected chi connectivity index (χ3v) is 15.1. The van der Waals surface area contributed by atoms with Crippen LogP contribution in [-0.2, 0) is 49.7 Å². The third-order valence-electron chi connectivity index (χ3n) is 15.1. The molecule has 0 saturated heterocycles. The number of carbonyl (C=O) groups excluding carboxylic acids is 8. The molecule has 0 radical (unpaired) electrons. The number of amides is 4. The van der Waals surface area contributed by atoms with Crippen LogP contribution in [0.1, 0.15) is 155 Å². The van der Waals surface area contributed by atoms with Crippen molar-refractivity contribution < 1.29 is 67.2 Å². The summed E-state index contributed by atoms with van der Waals surface area (Å²) in [4.78, 5) is 124. The van der Waals surface area contributed by atoms with Crippen LogP contribution in [0, 0.1) is 5.92 Å². The number of aliphatic carboxylic acids is 1. The van der Waals surface area contributed by atoms with Gasteiger partial charge in [-0.2, -0.15) is 0 Å². The third kappa shape index (κ3) is 22.3. The van der Waals surface area contributed by atoms with Crippen molar-refractivity contribution in [3.8, 4) is 23.0 Å². The molecular weight excluding hydrogens is 1130 g/mol. The van der Waals surface area contributed by atoms with Crippen LogP contribution in [-0.4, -0.2) is 143 Å². The summed E-state index contributed by atoms with van der Waals surface area (Å²) >= 11 is 0. The number of carbonyl (C=O) groups is 9. The first-order valence-corrected chi connectivity index (χ1v) is 30.0. The Balaban J connectivity index is 1.56. The minimum absolute atomic E-state index is 0.0144. The van der Waals surface area contributed by atoms with E-state index < -0.39 is 77.3 Å². The molecule has 23 nitrogen and oxygen atoms in total. The van der Waals surface area contributed by atoms with E-state index in [4.69, 9.17) is 47.6 Å². The Hall–Kier alpha value is -8.09. The normalized spacial score (nSPS) is 12.8. The van der Waals surface area contributed by atoms with Crippen molar-refractivity contribution in [1.29, 1.82) is 0 Å². The smallest absolute Gasteiger partial charge is 0.326 e. The van der Waals surface area contributed by atoms with E-state index in [0.717, 1.165) is 6.42 Å². The van der Waals surface area contributed by atoms with E-state index in [9.17, 15) is 48.3 Å². The maximum Gasteiger partial charge on any atom is 0.326 e. The number of hydrogen-bond donors (Lipinski definition) is 10. The van der Waals surface area contributed by atoms with Gasteiger partial charge in [0.05, 0.1) is 74.9 Å². The number of Topliss-reactive ketones (excluding diaryl/α,β-unsaturated/α-hetero) is 4. The fourth-order valence-corrected chi connectivity index (χ4v) is 10.0. The summed E-state index contributed by atoms with van der Waals surface area (Å²) in [6.07, 6.45) is 5.07. The number of ketones is 4. The number of carboxylic acids is 1. The summed E-state index contributed by atoms with van der Waals surface area (Å²) in [5.41, 5.74) is 31.2. The molecule has 0 aliphatic rings. The van der Waals surface area contributed by atoms with E-state index in [1.54, 1.807) is 50.2 Å². The lowest BCUT2D eigenvalue weighted by Gasteiger charge is -2.21. The number of benzene rings is 4. The Morgan fingerprint density at radius 1 is 0.398 bits per heavy atom. The van der Waals surface area contributed by atoms with Gasteiger partial charge in [-0.05, 0) is 174 Å². The molecule has 0 bridgehead atoms. The molecule has 4 aromatic rings. The maximum absolute atomic E-state index is 14.4. The average Bonchev–Trinajstić information content (AvgIpc) is 2.83. The van der Waals surface area contributed by atoms with Crippen molar-refractivity contribution >= 4 is 52.7 Å². The number of nitrogens with two attached hydrogens (primary N) is 5. The molecule has 0 spiro atoms. The van der Waals surface area contributed by atoms with Crippen LogP contribution >= 0.6 is 0 Å². The second kappa shape index (κ2) is 37.6. The maximum atomic E-state index is 14.4. The van der Waals surface area contributed by atoms with Gasteiger partial charge in [0.2, 0.25) is 0 Å². The minimum Gasteiger partial charge on any atom is -0.496 e. The van der Waals surface area contributed by atoms with E-state index in [-0.39, 0.29) is 102 Å². The Morgan fingerprint density at radius 3 is 0.909 bits per heavy atom. The van der Waals surface area contributed by atoms with Gasteiger partial charge in [-0.1, -0.05) is 44.5 Å². The second-order valence-electron chi connectivity index (χ2n) is 22.1. The van der Waals surface area contributed by atoms with Crippen molar-refractivity contribution in [3.05, 3.63) is 117 Å². The highest BCUT2D eigenvalue weighted by molar-refractivity contribution is 6.04. The summed E-state index contributed by atoms with van der Waals surface area (Å²) in [6.45, 7) is 4.84. The molecule has 0 unspecified atom stereocenters. The molecule has 4 amide bonds. The van der Waals surface area contributed by atoms with Gasteiger partial charge in [-0.25, -0.2) is 4.79 Å². The largest absolute Gasteiger partial charge is 0.496 e. The highest BCUT2D eigenvalue weighted by Crippen LogP contribution is 2.27. The lowest BCUT2D eigenvalue weighted by molar-refractivity contribution is -0.140.